The molecule has 0 saturated carbocycles. The molecule has 0 unspecified atom stereocenters. The molecule has 0 aromatic carbocycles. The van der Waals surface area contributed by atoms with E-state index in [1.165, 1.54) is 30.1 Å². The molecule has 60 valence electrons. The van der Waals surface area contributed by atoms with Crippen molar-refractivity contribution in [3.8, 4) is 0 Å². The van der Waals surface area contributed by atoms with Crippen LogP contribution in [0.4, 0.5) is 0 Å². The van der Waals surface area contributed by atoms with Gasteiger partial charge in [-0.2, -0.15) is 11.8 Å². The van der Waals surface area contributed by atoms with Gasteiger partial charge in [0.25, 0.3) is 0 Å². The molecule has 0 aromatic rings. The smallest absolute Gasteiger partial charge is 0.154 e. The Hall–Kier alpha value is 0.860. The minimum atomic E-state index is 0. The highest BCUT2D eigenvalue weighted by atomic mass is 35.5. The van der Waals surface area contributed by atoms with Gasteiger partial charge >= 0.3 is 0 Å². The second kappa shape index (κ2) is 6.56. The summed E-state index contributed by atoms with van der Waals surface area (Å²) in [5.74, 6) is 4.05. The van der Waals surface area contributed by atoms with Crippen LogP contribution in [0.15, 0.2) is 0 Å². The lowest BCUT2D eigenvalue weighted by molar-refractivity contribution is -0.00000184. The van der Waals surface area contributed by atoms with Crippen molar-refractivity contribution < 1.29 is 12.4 Å². The number of thioether (sulfide) groups is 2. The van der Waals surface area contributed by atoms with Gasteiger partial charge in [0.15, 0.2) is 5.25 Å². The van der Waals surface area contributed by atoms with Crippen LogP contribution in [-0.2, 0) is 0 Å². The molecule has 1 rings (SSSR count). The third-order valence-corrected chi connectivity index (χ3v) is 3.83. The first-order valence-corrected chi connectivity index (χ1v) is 5.56. The van der Waals surface area contributed by atoms with E-state index in [9.17, 15) is 0 Å². The number of rotatable bonds is 0. The molecule has 0 atom stereocenters. The Morgan fingerprint density at radius 3 is 2.80 bits per heavy atom. The summed E-state index contributed by atoms with van der Waals surface area (Å²) in [6.07, 6.45) is 2.74. The zero-order chi connectivity index (χ0) is 6.53. The predicted octanol–water partition coefficient (Wildman–Crippen LogP) is -0.198. The second-order valence-corrected chi connectivity index (χ2v) is 4.88. The highest BCUT2D eigenvalue weighted by Gasteiger charge is 2.16. The zero-order valence-corrected chi connectivity index (χ0v) is 8.62. The summed E-state index contributed by atoms with van der Waals surface area (Å²) >= 11 is 4.14. The molecule has 1 fully saturated rings. The van der Waals surface area contributed by atoms with Gasteiger partial charge in [-0.25, -0.2) is 0 Å². The lowest BCUT2D eigenvalue weighted by Crippen LogP contribution is -3.00. The molecule has 1 aliphatic heterocycles. The molecule has 1 aliphatic rings. The monoisotopic (exact) mass is 196 g/mol. The largest absolute Gasteiger partial charge is 1.00 e. The molecule has 0 radical (unpaired) electrons. The van der Waals surface area contributed by atoms with Crippen LogP contribution in [0.5, 0.6) is 0 Å². The Bertz CT molecular complexity index is 70.0. The fourth-order valence-corrected chi connectivity index (χ4v) is 2.87. The van der Waals surface area contributed by atoms with E-state index in [1.54, 1.807) is 5.25 Å². The van der Waals surface area contributed by atoms with Crippen molar-refractivity contribution in [2.24, 2.45) is 0 Å². The molecule has 1 heterocycles. The summed E-state index contributed by atoms with van der Waals surface area (Å²) in [4.78, 5) is 0. The highest BCUT2D eigenvalue weighted by molar-refractivity contribution is 8.04. The third-order valence-electron chi connectivity index (χ3n) is 1.39. The first-order chi connectivity index (χ1) is 4.39. The second-order valence-electron chi connectivity index (χ2n) is 2.27. The molecular weight excluding hydrogens is 184 g/mol. The standard InChI is InChI=1S/C7H13S2.ClH/c1-7-3-2-4-8-5-6-9-7;/h2-6H2,1H3;1H/q+1;/p-1. The van der Waals surface area contributed by atoms with Crippen molar-refractivity contribution in [2.75, 3.05) is 17.3 Å². The summed E-state index contributed by atoms with van der Waals surface area (Å²) in [6, 6.07) is 0. The molecule has 10 heavy (non-hydrogen) atoms. The summed E-state index contributed by atoms with van der Waals surface area (Å²) in [7, 11) is 0. The van der Waals surface area contributed by atoms with Crippen LogP contribution in [-0.4, -0.2) is 17.3 Å². The van der Waals surface area contributed by atoms with Gasteiger partial charge in [-0.3, -0.25) is 0 Å². The van der Waals surface area contributed by atoms with Crippen LogP contribution < -0.4 is 12.4 Å². The Balaban J connectivity index is 0.000000810. The van der Waals surface area contributed by atoms with Gasteiger partial charge in [-0.05, 0) is 12.2 Å². The molecule has 0 aromatic heterocycles. The van der Waals surface area contributed by atoms with Crippen LogP contribution >= 0.6 is 23.5 Å². The van der Waals surface area contributed by atoms with Crippen molar-refractivity contribution in [1.82, 2.24) is 0 Å². The van der Waals surface area contributed by atoms with Gasteiger partial charge in [-0.1, -0.05) is 0 Å². The maximum atomic E-state index is 2.26. The van der Waals surface area contributed by atoms with E-state index in [0.29, 0.717) is 0 Å². The molecule has 0 spiro atoms. The molecule has 0 N–H and O–H groups in total. The Morgan fingerprint density at radius 1 is 1.20 bits per heavy atom. The first kappa shape index (κ1) is 10.9. The van der Waals surface area contributed by atoms with E-state index in [-0.39, 0.29) is 12.4 Å². The van der Waals surface area contributed by atoms with E-state index in [1.807, 2.05) is 11.8 Å². The van der Waals surface area contributed by atoms with Crippen LogP contribution in [0.1, 0.15) is 19.8 Å². The molecular formula is C7H13ClS2. The lowest BCUT2D eigenvalue weighted by atomic mass is 10.3. The van der Waals surface area contributed by atoms with Crippen LogP contribution in [0, 0.1) is 5.25 Å². The molecule has 1 saturated heterocycles. The van der Waals surface area contributed by atoms with Gasteiger partial charge in [-0.15, -0.1) is 0 Å². The van der Waals surface area contributed by atoms with Crippen LogP contribution in [0.3, 0.4) is 0 Å². The van der Waals surface area contributed by atoms with E-state index in [2.05, 4.69) is 18.7 Å². The fourth-order valence-electron chi connectivity index (χ4n) is 0.872. The van der Waals surface area contributed by atoms with E-state index >= 15 is 0 Å². The molecule has 3 heteroatoms. The molecule has 0 nitrogen and oxygen atoms in total. The first-order valence-electron chi connectivity index (χ1n) is 3.42. The van der Waals surface area contributed by atoms with E-state index in [0.717, 1.165) is 0 Å². The van der Waals surface area contributed by atoms with Crippen LogP contribution in [0.25, 0.3) is 0 Å². The van der Waals surface area contributed by atoms with Gasteiger partial charge in [0.05, 0.1) is 18.7 Å². The average Bonchev–Trinajstić information content (AvgIpc) is 1.79. The van der Waals surface area contributed by atoms with E-state index < -0.39 is 0 Å². The number of hydrogen-bond acceptors (Lipinski definition) is 2. The fraction of sp³-hybridized carbons (Fsp3) is 0.857. The summed E-state index contributed by atoms with van der Waals surface area (Å²) < 4.78 is 0. The summed E-state index contributed by atoms with van der Waals surface area (Å²) in [6.45, 7) is 2.26. The maximum Gasteiger partial charge on any atom is 0.154 e. The topological polar surface area (TPSA) is 0 Å². The zero-order valence-electron chi connectivity index (χ0n) is 6.23. The van der Waals surface area contributed by atoms with Crippen LogP contribution in [0.2, 0.25) is 0 Å². The van der Waals surface area contributed by atoms with Crippen molar-refractivity contribution in [2.45, 2.75) is 19.8 Å². The predicted molar refractivity (Wildman–Crippen MR) is 47.9 cm³/mol. The molecule has 0 bridgehead atoms. The normalized spacial score (nSPS) is 20.7. The Morgan fingerprint density at radius 2 is 2.00 bits per heavy atom. The van der Waals surface area contributed by atoms with Crippen molar-refractivity contribution >= 4 is 23.5 Å². The van der Waals surface area contributed by atoms with Gasteiger partial charge in [0.2, 0.25) is 0 Å². The SMILES string of the molecule is C[C+]1CCCSCCS1.[Cl-]. The third kappa shape index (κ3) is 4.64. The van der Waals surface area contributed by atoms with Crippen molar-refractivity contribution in [1.29, 1.82) is 0 Å². The quantitative estimate of drug-likeness (QED) is 0.493. The lowest BCUT2D eigenvalue weighted by Gasteiger charge is -2.04. The summed E-state index contributed by atoms with van der Waals surface area (Å²) in [5, 5.41) is 1.63. The van der Waals surface area contributed by atoms with Crippen molar-refractivity contribution in [3.05, 3.63) is 5.25 Å². The van der Waals surface area contributed by atoms with Gasteiger partial charge in [0.1, 0.15) is 6.42 Å². The summed E-state index contributed by atoms with van der Waals surface area (Å²) in [5.41, 5.74) is 0. The Kier molecular flexibility index (Phi) is 7.13. The van der Waals surface area contributed by atoms with E-state index in [4.69, 9.17) is 0 Å². The van der Waals surface area contributed by atoms with Gasteiger partial charge in [0, 0.05) is 11.5 Å². The molecule has 0 amide bonds. The van der Waals surface area contributed by atoms with Gasteiger partial charge < -0.3 is 12.4 Å². The minimum absolute atomic E-state index is 0. The molecule has 0 aliphatic carbocycles. The highest BCUT2D eigenvalue weighted by Crippen LogP contribution is 2.27. The minimum Gasteiger partial charge on any atom is -1.00 e. The van der Waals surface area contributed by atoms with Crippen molar-refractivity contribution in [3.63, 3.8) is 0 Å². The Labute approximate surface area is 78.3 Å². The number of hydrogen-bond donors (Lipinski definition) is 0. The maximum absolute atomic E-state index is 2.26. The average molecular weight is 197 g/mol. The number of halogens is 1.